The van der Waals surface area contributed by atoms with Crippen LogP contribution in [0.15, 0.2) is 42.6 Å². The molecule has 4 rings (SSSR count). The molecule has 2 N–H and O–H groups in total. The van der Waals surface area contributed by atoms with Crippen LogP contribution in [0, 0.1) is 17.5 Å². The third kappa shape index (κ3) is 3.83. The number of benzene rings is 2. The summed E-state index contributed by atoms with van der Waals surface area (Å²) in [5.74, 6) is -3.82. The van der Waals surface area contributed by atoms with E-state index in [1.165, 1.54) is 19.0 Å². The second kappa shape index (κ2) is 7.71. The van der Waals surface area contributed by atoms with E-state index in [-0.39, 0.29) is 17.5 Å². The molecule has 0 aliphatic carbocycles. The molecule has 1 aliphatic heterocycles. The summed E-state index contributed by atoms with van der Waals surface area (Å²) in [6, 6.07) is 9.76. The van der Waals surface area contributed by atoms with Crippen LogP contribution in [-0.4, -0.2) is 28.3 Å². The van der Waals surface area contributed by atoms with Crippen LogP contribution in [0.4, 0.5) is 42.0 Å². The fraction of sp³-hybridized carbons (Fsp3) is 0.211. The van der Waals surface area contributed by atoms with E-state index >= 15 is 0 Å². The average molecular weight is 386 g/mol. The first kappa shape index (κ1) is 18.0. The summed E-state index contributed by atoms with van der Waals surface area (Å²) in [5.41, 5.74) is 1.67. The van der Waals surface area contributed by atoms with Crippen molar-refractivity contribution in [3.8, 4) is 0 Å². The standard InChI is InChI=1S/C19H17F3N6/c20-14-7-8-15(18(22)17(14)21)25-16-11-23-27-19(26-16)24-12-3-5-13(6-4-12)28-9-1-2-10-28/h3-8,11H,1-2,9-10H2,(H2,24,25,26,27). The predicted octanol–water partition coefficient (Wildman–Crippen LogP) is 4.38. The summed E-state index contributed by atoms with van der Waals surface area (Å²) in [6.07, 6.45) is 3.66. The molecule has 0 atom stereocenters. The van der Waals surface area contributed by atoms with Gasteiger partial charge in [-0.25, -0.2) is 13.2 Å². The van der Waals surface area contributed by atoms with Crippen molar-refractivity contribution in [1.29, 1.82) is 0 Å². The van der Waals surface area contributed by atoms with Crippen LogP contribution in [0.5, 0.6) is 0 Å². The van der Waals surface area contributed by atoms with Crippen LogP contribution in [0.25, 0.3) is 0 Å². The van der Waals surface area contributed by atoms with Gasteiger partial charge in [-0.1, -0.05) is 0 Å². The Morgan fingerprint density at radius 1 is 0.857 bits per heavy atom. The lowest BCUT2D eigenvalue weighted by molar-refractivity contribution is 0.449. The molecule has 0 unspecified atom stereocenters. The van der Waals surface area contributed by atoms with Crippen molar-refractivity contribution < 1.29 is 13.2 Å². The molecule has 1 saturated heterocycles. The van der Waals surface area contributed by atoms with Gasteiger partial charge >= 0.3 is 0 Å². The molecule has 28 heavy (non-hydrogen) atoms. The molecule has 0 saturated carbocycles. The van der Waals surface area contributed by atoms with Gasteiger partial charge in [0.05, 0.1) is 11.9 Å². The largest absolute Gasteiger partial charge is 0.372 e. The van der Waals surface area contributed by atoms with Crippen molar-refractivity contribution in [3.05, 3.63) is 60.0 Å². The zero-order valence-corrected chi connectivity index (χ0v) is 14.8. The van der Waals surface area contributed by atoms with Crippen LogP contribution >= 0.6 is 0 Å². The maximum Gasteiger partial charge on any atom is 0.249 e. The number of nitrogens with one attached hydrogen (secondary N) is 2. The van der Waals surface area contributed by atoms with Gasteiger partial charge in [0.25, 0.3) is 0 Å². The minimum atomic E-state index is -1.55. The van der Waals surface area contributed by atoms with Crippen LogP contribution in [-0.2, 0) is 0 Å². The fourth-order valence-corrected chi connectivity index (χ4v) is 3.04. The average Bonchev–Trinajstić information content (AvgIpc) is 3.24. The molecule has 0 bridgehead atoms. The van der Waals surface area contributed by atoms with Gasteiger partial charge in [-0.2, -0.15) is 10.1 Å². The lowest BCUT2D eigenvalue weighted by atomic mass is 10.2. The topological polar surface area (TPSA) is 66.0 Å². The number of aromatic nitrogens is 3. The highest BCUT2D eigenvalue weighted by atomic mass is 19.2. The third-order valence-electron chi connectivity index (χ3n) is 4.45. The van der Waals surface area contributed by atoms with E-state index in [1.807, 2.05) is 24.3 Å². The quantitative estimate of drug-likeness (QED) is 0.635. The molecule has 3 aromatic rings. The van der Waals surface area contributed by atoms with Gasteiger partial charge in [-0.15, -0.1) is 5.10 Å². The summed E-state index contributed by atoms with van der Waals surface area (Å²) in [4.78, 5) is 6.49. The Labute approximate surface area is 159 Å². The fourth-order valence-electron chi connectivity index (χ4n) is 3.04. The van der Waals surface area contributed by atoms with Gasteiger partial charge in [0.2, 0.25) is 5.95 Å². The Morgan fingerprint density at radius 3 is 2.36 bits per heavy atom. The van der Waals surface area contributed by atoms with Crippen molar-refractivity contribution in [1.82, 2.24) is 15.2 Å². The van der Waals surface area contributed by atoms with Crippen molar-refractivity contribution >= 4 is 28.8 Å². The molecule has 144 valence electrons. The van der Waals surface area contributed by atoms with E-state index in [0.29, 0.717) is 0 Å². The molecule has 2 heterocycles. The Bertz CT molecular complexity index is 974. The zero-order valence-electron chi connectivity index (χ0n) is 14.8. The first-order chi connectivity index (χ1) is 13.6. The summed E-state index contributed by atoms with van der Waals surface area (Å²) >= 11 is 0. The summed E-state index contributed by atoms with van der Waals surface area (Å²) in [7, 11) is 0. The van der Waals surface area contributed by atoms with E-state index in [0.717, 1.165) is 36.6 Å². The summed E-state index contributed by atoms with van der Waals surface area (Å²) in [5, 5.41) is 13.3. The van der Waals surface area contributed by atoms with Gasteiger partial charge in [0.1, 0.15) is 0 Å². The Morgan fingerprint density at radius 2 is 1.61 bits per heavy atom. The van der Waals surface area contributed by atoms with E-state index in [9.17, 15) is 13.2 Å². The Hall–Kier alpha value is -3.36. The first-order valence-electron chi connectivity index (χ1n) is 8.82. The van der Waals surface area contributed by atoms with Gasteiger partial charge in [0, 0.05) is 24.5 Å². The molecule has 9 heteroatoms. The molecule has 6 nitrogen and oxygen atoms in total. The Kier molecular flexibility index (Phi) is 4.96. The van der Waals surface area contributed by atoms with Crippen molar-refractivity contribution in [3.63, 3.8) is 0 Å². The van der Waals surface area contributed by atoms with Crippen LogP contribution < -0.4 is 15.5 Å². The van der Waals surface area contributed by atoms with Crippen molar-refractivity contribution in [2.45, 2.75) is 12.8 Å². The molecular formula is C19H17F3N6. The number of hydrogen-bond donors (Lipinski definition) is 2. The van der Waals surface area contributed by atoms with Gasteiger partial charge in [-0.05, 0) is 49.2 Å². The lowest BCUT2D eigenvalue weighted by Gasteiger charge is -2.17. The highest BCUT2D eigenvalue weighted by Gasteiger charge is 2.14. The molecule has 1 fully saturated rings. The Balaban J connectivity index is 1.47. The lowest BCUT2D eigenvalue weighted by Crippen LogP contribution is -2.17. The van der Waals surface area contributed by atoms with Gasteiger partial charge in [-0.3, -0.25) is 0 Å². The molecule has 0 amide bonds. The minimum Gasteiger partial charge on any atom is -0.372 e. The maximum atomic E-state index is 13.8. The molecule has 2 aromatic carbocycles. The molecular weight excluding hydrogens is 369 g/mol. The van der Waals surface area contributed by atoms with Crippen LogP contribution in [0.2, 0.25) is 0 Å². The van der Waals surface area contributed by atoms with E-state index in [4.69, 9.17) is 0 Å². The molecule has 0 spiro atoms. The normalized spacial score (nSPS) is 13.6. The maximum absolute atomic E-state index is 13.8. The smallest absolute Gasteiger partial charge is 0.249 e. The van der Waals surface area contributed by atoms with E-state index in [2.05, 4.69) is 30.7 Å². The van der Waals surface area contributed by atoms with Crippen LogP contribution in [0.3, 0.4) is 0 Å². The number of nitrogens with zero attached hydrogens (tertiary/aromatic N) is 4. The van der Waals surface area contributed by atoms with E-state index in [1.54, 1.807) is 0 Å². The third-order valence-corrected chi connectivity index (χ3v) is 4.45. The summed E-state index contributed by atoms with van der Waals surface area (Å²) in [6.45, 7) is 2.13. The number of rotatable bonds is 5. The summed E-state index contributed by atoms with van der Waals surface area (Å²) < 4.78 is 40.2. The SMILES string of the molecule is Fc1ccc(Nc2cnnc(Nc3ccc(N4CCCC4)cc3)n2)c(F)c1F. The number of halogens is 3. The molecule has 1 aromatic heterocycles. The first-order valence-corrected chi connectivity index (χ1v) is 8.82. The highest BCUT2D eigenvalue weighted by Crippen LogP contribution is 2.25. The van der Waals surface area contributed by atoms with Crippen LogP contribution in [0.1, 0.15) is 12.8 Å². The second-order valence-corrected chi connectivity index (χ2v) is 6.38. The molecule has 1 aliphatic rings. The van der Waals surface area contributed by atoms with E-state index < -0.39 is 17.5 Å². The zero-order chi connectivity index (χ0) is 19.5. The second-order valence-electron chi connectivity index (χ2n) is 6.38. The van der Waals surface area contributed by atoms with Gasteiger partial charge in [0.15, 0.2) is 23.3 Å². The predicted molar refractivity (Wildman–Crippen MR) is 101 cm³/mol. The number of anilines is 5. The van der Waals surface area contributed by atoms with Crippen molar-refractivity contribution in [2.75, 3.05) is 28.6 Å². The monoisotopic (exact) mass is 386 g/mol. The van der Waals surface area contributed by atoms with Crippen molar-refractivity contribution in [2.24, 2.45) is 0 Å². The number of hydrogen-bond acceptors (Lipinski definition) is 6. The molecule has 0 radical (unpaired) electrons. The van der Waals surface area contributed by atoms with Gasteiger partial charge < -0.3 is 15.5 Å². The highest BCUT2D eigenvalue weighted by molar-refractivity contribution is 5.61. The minimum absolute atomic E-state index is 0.135.